The third kappa shape index (κ3) is 10.0. The van der Waals surface area contributed by atoms with E-state index in [1.54, 1.807) is 7.11 Å². The summed E-state index contributed by atoms with van der Waals surface area (Å²) in [6.45, 7) is 11.0. The highest BCUT2D eigenvalue weighted by Gasteiger charge is 2.15. The first-order valence-electron chi connectivity index (χ1n) is 14.7. The number of nitrogens with one attached hydrogen (secondary N) is 2. The lowest BCUT2D eigenvalue weighted by molar-refractivity contribution is 0.0557. The molecule has 0 aliphatic carbocycles. The van der Waals surface area contributed by atoms with Gasteiger partial charge in [-0.1, -0.05) is 24.3 Å². The molecule has 0 atom stereocenters. The Morgan fingerprint density at radius 2 is 1.26 bits per heavy atom. The SMILES string of the molecule is COCCOc1ccccc1N1CCOc2cc(C)ccc2NCCOCCOCCNc2ccc(C)cc2OCC1. The van der Waals surface area contributed by atoms with Gasteiger partial charge in [-0.25, -0.2) is 0 Å². The first kappa shape index (κ1) is 31.3. The van der Waals surface area contributed by atoms with Gasteiger partial charge < -0.3 is 44.0 Å². The Balaban J connectivity index is 1.54. The average Bonchev–Trinajstić information content (AvgIpc) is 2.99. The van der Waals surface area contributed by atoms with E-state index in [0.717, 1.165) is 45.4 Å². The highest BCUT2D eigenvalue weighted by Crippen LogP contribution is 2.30. The Hall–Kier alpha value is -3.66. The molecule has 0 bridgehead atoms. The molecule has 2 N–H and O–H groups in total. The first-order valence-corrected chi connectivity index (χ1v) is 14.7. The lowest BCUT2D eigenvalue weighted by Crippen LogP contribution is -2.33. The third-order valence-electron chi connectivity index (χ3n) is 6.76. The molecular weight excluding hydrogens is 534 g/mol. The van der Waals surface area contributed by atoms with Gasteiger partial charge in [0.25, 0.3) is 0 Å². The van der Waals surface area contributed by atoms with Crippen molar-refractivity contribution >= 4 is 17.1 Å². The van der Waals surface area contributed by atoms with Crippen molar-refractivity contribution in [1.29, 1.82) is 0 Å². The van der Waals surface area contributed by atoms with Gasteiger partial charge in [-0.15, -0.1) is 0 Å². The van der Waals surface area contributed by atoms with Gasteiger partial charge in [-0.05, 0) is 61.4 Å². The van der Waals surface area contributed by atoms with Crippen LogP contribution in [-0.2, 0) is 14.2 Å². The van der Waals surface area contributed by atoms with E-state index in [9.17, 15) is 0 Å². The number of rotatable bonds is 5. The third-order valence-corrected chi connectivity index (χ3v) is 6.76. The summed E-state index contributed by atoms with van der Waals surface area (Å²) in [7, 11) is 1.67. The monoisotopic (exact) mass is 579 g/mol. The van der Waals surface area contributed by atoms with Crippen molar-refractivity contribution in [3.05, 3.63) is 71.8 Å². The number of benzene rings is 3. The highest BCUT2D eigenvalue weighted by molar-refractivity contribution is 5.60. The molecule has 0 radical (unpaired) electrons. The Morgan fingerprint density at radius 3 is 1.83 bits per heavy atom. The molecule has 0 aromatic heterocycles. The standard InChI is InChI=1S/C33H45N3O6/c1-26-8-10-28-32(24-26)40-18-14-36(30-6-4-5-7-31(30)42-23-20-37-3)15-19-41-33-25-27(2)9-11-29(33)35-13-17-39-22-21-38-16-12-34-28/h4-11,24-25,34-35H,12-23H2,1-3H3. The molecule has 42 heavy (non-hydrogen) atoms. The normalized spacial score (nSPS) is 15.8. The largest absolute Gasteiger partial charge is 0.490 e. The van der Waals surface area contributed by atoms with Crippen LogP contribution in [0.4, 0.5) is 17.1 Å². The predicted octanol–water partition coefficient (Wildman–Crippen LogP) is 5.16. The topological polar surface area (TPSA) is 82.7 Å². The maximum atomic E-state index is 6.35. The summed E-state index contributed by atoms with van der Waals surface area (Å²) >= 11 is 0. The summed E-state index contributed by atoms with van der Waals surface area (Å²) < 4.78 is 35.5. The fraction of sp³-hybridized carbons (Fsp3) is 0.455. The van der Waals surface area contributed by atoms with Crippen LogP contribution in [0.3, 0.4) is 0 Å². The van der Waals surface area contributed by atoms with E-state index in [0.29, 0.717) is 79.0 Å². The molecule has 228 valence electrons. The van der Waals surface area contributed by atoms with E-state index in [-0.39, 0.29) is 0 Å². The van der Waals surface area contributed by atoms with Gasteiger partial charge in [0, 0.05) is 20.2 Å². The molecule has 0 unspecified atom stereocenters. The number of hydrogen-bond donors (Lipinski definition) is 2. The van der Waals surface area contributed by atoms with Crippen molar-refractivity contribution in [1.82, 2.24) is 0 Å². The Bertz CT molecular complexity index is 1160. The van der Waals surface area contributed by atoms with Crippen LogP contribution in [0.1, 0.15) is 11.1 Å². The van der Waals surface area contributed by atoms with Crippen LogP contribution < -0.4 is 29.7 Å². The molecule has 4 rings (SSSR count). The summed E-state index contributed by atoms with van der Waals surface area (Å²) in [5.41, 5.74) is 5.15. The summed E-state index contributed by atoms with van der Waals surface area (Å²) in [6.07, 6.45) is 0. The van der Waals surface area contributed by atoms with Crippen LogP contribution in [0.5, 0.6) is 17.2 Å². The van der Waals surface area contributed by atoms with Gasteiger partial charge in [0.2, 0.25) is 0 Å². The molecule has 3 aromatic rings. The van der Waals surface area contributed by atoms with Crippen LogP contribution >= 0.6 is 0 Å². The van der Waals surface area contributed by atoms with Gasteiger partial charge >= 0.3 is 0 Å². The van der Waals surface area contributed by atoms with Gasteiger partial charge in [-0.2, -0.15) is 0 Å². The summed E-state index contributed by atoms with van der Waals surface area (Å²) in [6, 6.07) is 20.5. The molecular formula is C33H45N3O6. The number of para-hydroxylation sites is 2. The minimum absolute atomic E-state index is 0.471. The predicted molar refractivity (Wildman–Crippen MR) is 168 cm³/mol. The number of anilines is 3. The van der Waals surface area contributed by atoms with Crippen LogP contribution in [0.15, 0.2) is 60.7 Å². The molecule has 0 spiro atoms. The smallest absolute Gasteiger partial charge is 0.142 e. The maximum Gasteiger partial charge on any atom is 0.142 e. The minimum atomic E-state index is 0.471. The van der Waals surface area contributed by atoms with Crippen molar-refractivity contribution in [2.24, 2.45) is 0 Å². The lowest BCUT2D eigenvalue weighted by Gasteiger charge is -2.27. The van der Waals surface area contributed by atoms with Gasteiger partial charge in [0.15, 0.2) is 0 Å². The molecule has 9 nitrogen and oxygen atoms in total. The number of ether oxygens (including phenoxy) is 6. The van der Waals surface area contributed by atoms with E-state index in [1.807, 2.05) is 18.2 Å². The minimum Gasteiger partial charge on any atom is -0.490 e. The van der Waals surface area contributed by atoms with E-state index < -0.39 is 0 Å². The number of methoxy groups -OCH3 is 1. The molecule has 0 fully saturated rings. The second-order valence-electron chi connectivity index (χ2n) is 10.1. The van der Waals surface area contributed by atoms with Gasteiger partial charge in [-0.3, -0.25) is 0 Å². The number of hydrogen-bond acceptors (Lipinski definition) is 9. The maximum absolute atomic E-state index is 6.35. The second kappa shape index (κ2) is 17.3. The average molecular weight is 580 g/mol. The van der Waals surface area contributed by atoms with Crippen molar-refractivity contribution in [2.45, 2.75) is 13.8 Å². The first-order chi connectivity index (χ1) is 20.6. The van der Waals surface area contributed by atoms with Crippen molar-refractivity contribution in [3.8, 4) is 17.2 Å². The zero-order chi connectivity index (χ0) is 29.4. The van der Waals surface area contributed by atoms with Gasteiger partial charge in [0.05, 0.1) is 63.2 Å². The fourth-order valence-electron chi connectivity index (χ4n) is 4.59. The molecule has 0 saturated carbocycles. The van der Waals surface area contributed by atoms with E-state index >= 15 is 0 Å². The van der Waals surface area contributed by atoms with Crippen molar-refractivity contribution in [2.75, 3.05) is 102 Å². The molecule has 0 amide bonds. The summed E-state index contributed by atoms with van der Waals surface area (Å²) in [5.74, 6) is 2.44. The molecule has 1 aliphatic heterocycles. The molecule has 3 aromatic carbocycles. The summed E-state index contributed by atoms with van der Waals surface area (Å²) in [4.78, 5) is 2.25. The molecule has 1 aliphatic rings. The van der Waals surface area contributed by atoms with Crippen LogP contribution in [0.25, 0.3) is 0 Å². The zero-order valence-electron chi connectivity index (χ0n) is 25.2. The molecule has 0 saturated heterocycles. The van der Waals surface area contributed by atoms with Gasteiger partial charge in [0.1, 0.15) is 37.1 Å². The molecule has 9 heteroatoms. The van der Waals surface area contributed by atoms with E-state index in [4.69, 9.17) is 28.4 Å². The van der Waals surface area contributed by atoms with E-state index in [2.05, 4.69) is 71.8 Å². The van der Waals surface area contributed by atoms with E-state index in [1.165, 1.54) is 0 Å². The highest BCUT2D eigenvalue weighted by atomic mass is 16.5. The molecule has 1 heterocycles. The number of nitrogens with zero attached hydrogens (tertiary/aromatic N) is 1. The second-order valence-corrected chi connectivity index (χ2v) is 10.1. The fourth-order valence-corrected chi connectivity index (χ4v) is 4.59. The Kier molecular flexibility index (Phi) is 12.9. The Morgan fingerprint density at radius 1 is 0.690 bits per heavy atom. The zero-order valence-corrected chi connectivity index (χ0v) is 25.2. The van der Waals surface area contributed by atoms with Crippen LogP contribution in [0, 0.1) is 13.8 Å². The van der Waals surface area contributed by atoms with Crippen molar-refractivity contribution < 1.29 is 28.4 Å². The van der Waals surface area contributed by atoms with Crippen molar-refractivity contribution in [3.63, 3.8) is 0 Å². The summed E-state index contributed by atoms with van der Waals surface area (Å²) in [5, 5.41) is 6.90. The lowest BCUT2D eigenvalue weighted by atomic mass is 10.2. The Labute approximate surface area is 250 Å². The quantitative estimate of drug-likeness (QED) is 0.398. The number of aryl methyl sites for hydroxylation is 2. The van der Waals surface area contributed by atoms with Crippen LogP contribution in [0.2, 0.25) is 0 Å². The van der Waals surface area contributed by atoms with Crippen LogP contribution in [-0.4, -0.2) is 86.1 Å². The number of fused-ring (bicyclic) bond motifs is 2.